The summed E-state index contributed by atoms with van der Waals surface area (Å²) in [6.45, 7) is 0.584. The van der Waals surface area contributed by atoms with Gasteiger partial charge in [-0.2, -0.15) is 0 Å². The van der Waals surface area contributed by atoms with Gasteiger partial charge in [-0.05, 0) is 34.0 Å². The molecule has 3 aromatic rings. The summed E-state index contributed by atoms with van der Waals surface area (Å²) in [5, 5.41) is 3.01. The zero-order valence-corrected chi connectivity index (χ0v) is 13.8. The third-order valence-corrected chi connectivity index (χ3v) is 4.23. The van der Waals surface area contributed by atoms with Crippen LogP contribution in [0.15, 0.2) is 66.7 Å². The highest BCUT2D eigenvalue weighted by molar-refractivity contribution is 6.30. The van der Waals surface area contributed by atoms with Crippen molar-refractivity contribution in [3.8, 4) is 0 Å². The molecule has 0 fully saturated rings. The van der Waals surface area contributed by atoms with Crippen LogP contribution in [0.1, 0.15) is 11.1 Å². The van der Waals surface area contributed by atoms with Crippen molar-refractivity contribution < 1.29 is 4.79 Å². The summed E-state index contributed by atoms with van der Waals surface area (Å²) >= 11 is 5.89. The van der Waals surface area contributed by atoms with Crippen LogP contribution < -0.4 is 0 Å². The monoisotopic (exact) mass is 323 g/mol. The molecule has 3 aromatic carbocycles. The van der Waals surface area contributed by atoms with Crippen LogP contribution >= 0.6 is 11.6 Å². The number of hydrogen-bond acceptors (Lipinski definition) is 1. The molecular weight excluding hydrogens is 306 g/mol. The molecular formula is C20H18ClNO. The van der Waals surface area contributed by atoms with Crippen molar-refractivity contribution in [2.75, 3.05) is 7.05 Å². The van der Waals surface area contributed by atoms with E-state index in [-0.39, 0.29) is 5.91 Å². The Kier molecular flexibility index (Phi) is 4.63. The molecule has 0 aliphatic rings. The van der Waals surface area contributed by atoms with Gasteiger partial charge in [0.25, 0.3) is 0 Å². The number of nitrogens with zero attached hydrogens (tertiary/aromatic N) is 1. The fraction of sp³-hybridized carbons (Fsp3) is 0.150. The van der Waals surface area contributed by atoms with Crippen molar-refractivity contribution in [2.45, 2.75) is 13.0 Å². The zero-order chi connectivity index (χ0) is 16.2. The summed E-state index contributed by atoms with van der Waals surface area (Å²) in [6, 6.07) is 21.8. The molecule has 2 nitrogen and oxygen atoms in total. The lowest BCUT2D eigenvalue weighted by molar-refractivity contribution is -0.129. The molecule has 0 spiro atoms. The van der Waals surface area contributed by atoms with Gasteiger partial charge in [0.05, 0.1) is 6.42 Å². The predicted molar refractivity (Wildman–Crippen MR) is 95.6 cm³/mol. The van der Waals surface area contributed by atoms with Gasteiger partial charge in [0.1, 0.15) is 0 Å². The van der Waals surface area contributed by atoms with Crippen molar-refractivity contribution in [3.63, 3.8) is 0 Å². The van der Waals surface area contributed by atoms with Gasteiger partial charge in [0, 0.05) is 18.6 Å². The Bertz CT molecular complexity index is 821. The molecule has 0 unspecified atom stereocenters. The summed E-state index contributed by atoms with van der Waals surface area (Å²) in [6.07, 6.45) is 0.408. The number of carbonyl (C=O) groups excluding carboxylic acids is 1. The minimum atomic E-state index is 0.108. The molecule has 0 N–H and O–H groups in total. The average Bonchev–Trinajstić information content (AvgIpc) is 2.57. The summed E-state index contributed by atoms with van der Waals surface area (Å²) in [5.74, 6) is 0.108. The van der Waals surface area contributed by atoms with E-state index >= 15 is 0 Å². The van der Waals surface area contributed by atoms with Crippen LogP contribution in [0.25, 0.3) is 10.8 Å². The highest BCUT2D eigenvalue weighted by atomic mass is 35.5. The Labute approximate surface area is 141 Å². The first-order chi connectivity index (χ1) is 11.1. The topological polar surface area (TPSA) is 20.3 Å². The lowest BCUT2D eigenvalue weighted by Gasteiger charge is -2.18. The molecule has 0 atom stereocenters. The number of carbonyl (C=O) groups is 1. The van der Waals surface area contributed by atoms with Gasteiger partial charge in [-0.15, -0.1) is 0 Å². The molecule has 3 heteroatoms. The molecule has 0 saturated heterocycles. The summed E-state index contributed by atoms with van der Waals surface area (Å²) < 4.78 is 0. The van der Waals surface area contributed by atoms with Crippen molar-refractivity contribution in [1.29, 1.82) is 0 Å². The van der Waals surface area contributed by atoms with Crippen LogP contribution in [-0.4, -0.2) is 17.9 Å². The van der Waals surface area contributed by atoms with Crippen LogP contribution in [0.5, 0.6) is 0 Å². The van der Waals surface area contributed by atoms with Crippen molar-refractivity contribution in [1.82, 2.24) is 4.90 Å². The van der Waals surface area contributed by atoms with E-state index in [0.717, 1.165) is 21.9 Å². The molecule has 0 saturated carbocycles. The first kappa shape index (κ1) is 15.6. The second kappa shape index (κ2) is 6.84. The zero-order valence-electron chi connectivity index (χ0n) is 13.0. The van der Waals surface area contributed by atoms with Gasteiger partial charge in [-0.3, -0.25) is 4.79 Å². The molecule has 0 radical (unpaired) electrons. The minimum absolute atomic E-state index is 0.108. The Hall–Kier alpha value is -2.32. The minimum Gasteiger partial charge on any atom is -0.341 e. The van der Waals surface area contributed by atoms with Crippen molar-refractivity contribution in [3.05, 3.63) is 82.9 Å². The van der Waals surface area contributed by atoms with Crippen LogP contribution in [-0.2, 0) is 17.8 Å². The Balaban J connectivity index is 1.74. The molecule has 0 aromatic heterocycles. The van der Waals surface area contributed by atoms with E-state index in [4.69, 9.17) is 11.6 Å². The van der Waals surface area contributed by atoms with Gasteiger partial charge in [-0.25, -0.2) is 0 Å². The van der Waals surface area contributed by atoms with E-state index in [0.29, 0.717) is 18.0 Å². The maximum atomic E-state index is 12.5. The molecule has 0 aliphatic heterocycles. The molecule has 0 bridgehead atoms. The molecule has 116 valence electrons. The fourth-order valence-corrected chi connectivity index (χ4v) is 2.82. The maximum absolute atomic E-state index is 12.5. The van der Waals surface area contributed by atoms with Crippen LogP contribution in [0.3, 0.4) is 0 Å². The predicted octanol–water partition coefficient (Wildman–Crippen LogP) is 4.69. The number of benzene rings is 3. The van der Waals surface area contributed by atoms with E-state index in [1.165, 1.54) is 0 Å². The number of hydrogen-bond donors (Lipinski definition) is 0. The van der Waals surface area contributed by atoms with Gasteiger partial charge >= 0.3 is 0 Å². The van der Waals surface area contributed by atoms with Crippen LogP contribution in [0.2, 0.25) is 5.02 Å². The average molecular weight is 324 g/mol. The van der Waals surface area contributed by atoms with Gasteiger partial charge in [-0.1, -0.05) is 66.2 Å². The van der Waals surface area contributed by atoms with Gasteiger partial charge < -0.3 is 4.90 Å². The van der Waals surface area contributed by atoms with E-state index in [2.05, 4.69) is 18.2 Å². The summed E-state index contributed by atoms with van der Waals surface area (Å²) in [7, 11) is 1.84. The maximum Gasteiger partial charge on any atom is 0.227 e. The van der Waals surface area contributed by atoms with Crippen LogP contribution in [0.4, 0.5) is 0 Å². The largest absolute Gasteiger partial charge is 0.341 e. The van der Waals surface area contributed by atoms with Crippen molar-refractivity contribution in [2.24, 2.45) is 0 Å². The van der Waals surface area contributed by atoms with Crippen LogP contribution in [0, 0.1) is 0 Å². The van der Waals surface area contributed by atoms with Gasteiger partial charge in [0.2, 0.25) is 5.91 Å². The fourth-order valence-electron chi connectivity index (χ4n) is 2.70. The van der Waals surface area contributed by atoms with E-state index < -0.39 is 0 Å². The number of likely N-dealkylation sites (N-methyl/N-ethyl adjacent to an activating group) is 1. The second-order valence-electron chi connectivity index (χ2n) is 5.69. The van der Waals surface area contributed by atoms with E-state index in [1.54, 1.807) is 4.90 Å². The first-order valence-corrected chi connectivity index (χ1v) is 7.96. The molecule has 3 rings (SSSR count). The molecule has 0 aliphatic carbocycles. The number of amides is 1. The third-order valence-electron chi connectivity index (χ3n) is 3.98. The quantitative estimate of drug-likeness (QED) is 0.682. The lowest BCUT2D eigenvalue weighted by Crippen LogP contribution is -2.27. The Morgan fingerprint density at radius 3 is 2.43 bits per heavy atom. The first-order valence-electron chi connectivity index (χ1n) is 7.58. The second-order valence-corrected chi connectivity index (χ2v) is 6.13. The van der Waals surface area contributed by atoms with Crippen molar-refractivity contribution >= 4 is 28.3 Å². The molecule has 23 heavy (non-hydrogen) atoms. The lowest BCUT2D eigenvalue weighted by atomic mass is 10.0. The summed E-state index contributed by atoms with van der Waals surface area (Å²) in [5.41, 5.74) is 2.14. The SMILES string of the molecule is CN(Cc1ccc(Cl)cc1)C(=O)Cc1cccc2ccccc12. The molecule has 0 heterocycles. The highest BCUT2D eigenvalue weighted by Crippen LogP contribution is 2.19. The highest BCUT2D eigenvalue weighted by Gasteiger charge is 2.12. The number of fused-ring (bicyclic) bond motifs is 1. The normalized spacial score (nSPS) is 10.7. The summed E-state index contributed by atoms with van der Waals surface area (Å²) in [4.78, 5) is 14.3. The van der Waals surface area contributed by atoms with E-state index in [9.17, 15) is 4.79 Å². The Morgan fingerprint density at radius 2 is 1.65 bits per heavy atom. The van der Waals surface area contributed by atoms with Gasteiger partial charge in [0.15, 0.2) is 0 Å². The number of halogens is 1. The Morgan fingerprint density at radius 1 is 0.957 bits per heavy atom. The standard InChI is InChI=1S/C20H18ClNO/c1-22(14-15-9-11-18(21)12-10-15)20(23)13-17-7-4-6-16-5-2-3-8-19(16)17/h2-12H,13-14H2,1H3. The smallest absolute Gasteiger partial charge is 0.227 e. The third kappa shape index (κ3) is 3.72. The number of rotatable bonds is 4. The van der Waals surface area contributed by atoms with E-state index in [1.807, 2.05) is 55.6 Å². The molecule has 1 amide bonds.